The molecule has 0 atom stereocenters. The molecule has 1 aromatic heterocycles. The van der Waals surface area contributed by atoms with Crippen molar-refractivity contribution in [2.75, 3.05) is 11.9 Å². The van der Waals surface area contributed by atoms with Gasteiger partial charge in [0, 0.05) is 31.5 Å². The third-order valence-corrected chi connectivity index (χ3v) is 3.62. The topological polar surface area (TPSA) is 29.0 Å². The summed E-state index contributed by atoms with van der Waals surface area (Å²) in [5, 5.41) is 0.868. The van der Waals surface area contributed by atoms with Crippen molar-refractivity contribution in [1.29, 1.82) is 0 Å². The lowest BCUT2D eigenvalue weighted by Crippen LogP contribution is -2.16. The molecule has 2 aromatic rings. The standard InChI is InChI=1S/C13H16FN3S/c1-4-12-15-13(18-16-12)17(3)8-10-6-5-9(2)11(14)7-10/h5-7H,4,8H2,1-3H3. The summed E-state index contributed by atoms with van der Waals surface area (Å²) in [5.74, 6) is 0.698. The molecular weight excluding hydrogens is 249 g/mol. The van der Waals surface area contributed by atoms with Crippen molar-refractivity contribution in [1.82, 2.24) is 9.36 Å². The minimum Gasteiger partial charge on any atom is -0.346 e. The number of anilines is 1. The summed E-state index contributed by atoms with van der Waals surface area (Å²) in [4.78, 5) is 6.39. The molecule has 0 amide bonds. The first-order valence-corrected chi connectivity index (χ1v) is 6.66. The predicted molar refractivity (Wildman–Crippen MR) is 72.5 cm³/mol. The SMILES string of the molecule is CCc1nsc(N(C)Cc2ccc(C)c(F)c2)n1. The maximum atomic E-state index is 13.4. The predicted octanol–water partition coefficient (Wildman–Crippen LogP) is 3.18. The van der Waals surface area contributed by atoms with Crippen molar-refractivity contribution in [3.8, 4) is 0 Å². The van der Waals surface area contributed by atoms with Gasteiger partial charge in [0.05, 0.1) is 0 Å². The molecule has 0 unspecified atom stereocenters. The Morgan fingerprint density at radius 3 is 2.78 bits per heavy atom. The van der Waals surface area contributed by atoms with Crippen LogP contribution in [0.3, 0.4) is 0 Å². The highest BCUT2D eigenvalue weighted by atomic mass is 32.1. The summed E-state index contributed by atoms with van der Waals surface area (Å²) in [7, 11) is 1.94. The quantitative estimate of drug-likeness (QED) is 0.850. The van der Waals surface area contributed by atoms with Gasteiger partial charge in [-0.2, -0.15) is 4.37 Å². The van der Waals surface area contributed by atoms with E-state index >= 15 is 0 Å². The van der Waals surface area contributed by atoms with E-state index in [1.807, 2.05) is 24.9 Å². The van der Waals surface area contributed by atoms with Crippen molar-refractivity contribution in [3.05, 3.63) is 41.0 Å². The molecule has 0 radical (unpaired) electrons. The van der Waals surface area contributed by atoms with E-state index in [0.717, 1.165) is 22.9 Å². The van der Waals surface area contributed by atoms with Crippen molar-refractivity contribution < 1.29 is 4.39 Å². The van der Waals surface area contributed by atoms with Crippen LogP contribution in [0.25, 0.3) is 0 Å². The molecule has 0 fully saturated rings. The molecule has 0 saturated heterocycles. The van der Waals surface area contributed by atoms with Gasteiger partial charge in [-0.3, -0.25) is 0 Å². The lowest BCUT2D eigenvalue weighted by Gasteiger charge is -2.15. The lowest BCUT2D eigenvalue weighted by atomic mass is 10.1. The number of hydrogen-bond donors (Lipinski definition) is 0. The number of benzene rings is 1. The Morgan fingerprint density at radius 2 is 2.17 bits per heavy atom. The molecule has 0 bridgehead atoms. The third-order valence-electron chi connectivity index (χ3n) is 2.76. The van der Waals surface area contributed by atoms with E-state index in [1.165, 1.54) is 11.5 Å². The van der Waals surface area contributed by atoms with Gasteiger partial charge >= 0.3 is 0 Å². The number of aromatic nitrogens is 2. The molecule has 0 spiro atoms. The van der Waals surface area contributed by atoms with Gasteiger partial charge in [-0.05, 0) is 24.1 Å². The van der Waals surface area contributed by atoms with E-state index in [-0.39, 0.29) is 5.82 Å². The van der Waals surface area contributed by atoms with E-state index in [1.54, 1.807) is 19.1 Å². The van der Waals surface area contributed by atoms with Gasteiger partial charge in [0.1, 0.15) is 11.6 Å². The van der Waals surface area contributed by atoms with Gasteiger partial charge in [0.2, 0.25) is 5.13 Å². The molecule has 5 heteroatoms. The van der Waals surface area contributed by atoms with E-state index in [4.69, 9.17) is 0 Å². The normalized spacial score (nSPS) is 10.7. The Morgan fingerprint density at radius 1 is 1.39 bits per heavy atom. The van der Waals surface area contributed by atoms with E-state index in [9.17, 15) is 4.39 Å². The van der Waals surface area contributed by atoms with Gasteiger partial charge in [0.25, 0.3) is 0 Å². The van der Waals surface area contributed by atoms with Crippen LogP contribution >= 0.6 is 11.5 Å². The average molecular weight is 265 g/mol. The second-order valence-electron chi connectivity index (χ2n) is 4.29. The van der Waals surface area contributed by atoms with Crippen LogP contribution < -0.4 is 4.90 Å². The minimum absolute atomic E-state index is 0.160. The first-order valence-electron chi connectivity index (χ1n) is 5.89. The molecule has 0 aliphatic carbocycles. The summed E-state index contributed by atoms with van der Waals surface area (Å²) in [6, 6.07) is 5.32. The summed E-state index contributed by atoms with van der Waals surface area (Å²) in [6.07, 6.45) is 0.837. The Hall–Kier alpha value is -1.49. The van der Waals surface area contributed by atoms with Crippen molar-refractivity contribution in [2.45, 2.75) is 26.8 Å². The second-order valence-corrected chi connectivity index (χ2v) is 5.02. The first-order chi connectivity index (χ1) is 8.60. The zero-order valence-electron chi connectivity index (χ0n) is 10.8. The molecule has 18 heavy (non-hydrogen) atoms. The molecule has 1 heterocycles. The van der Waals surface area contributed by atoms with Crippen LogP contribution in [-0.2, 0) is 13.0 Å². The number of rotatable bonds is 4. The Kier molecular flexibility index (Phi) is 3.91. The van der Waals surface area contributed by atoms with Gasteiger partial charge in [0.15, 0.2) is 0 Å². The van der Waals surface area contributed by atoms with Crippen LogP contribution in [0, 0.1) is 12.7 Å². The van der Waals surface area contributed by atoms with Gasteiger partial charge in [-0.25, -0.2) is 9.37 Å². The molecule has 0 saturated carbocycles. The van der Waals surface area contributed by atoms with Crippen LogP contribution in [-0.4, -0.2) is 16.4 Å². The van der Waals surface area contributed by atoms with Crippen molar-refractivity contribution in [3.63, 3.8) is 0 Å². The zero-order chi connectivity index (χ0) is 13.1. The number of hydrogen-bond acceptors (Lipinski definition) is 4. The molecule has 0 aliphatic heterocycles. The summed E-state index contributed by atoms with van der Waals surface area (Å²) in [6.45, 7) is 4.43. The van der Waals surface area contributed by atoms with Crippen molar-refractivity contribution in [2.24, 2.45) is 0 Å². The molecule has 3 nitrogen and oxygen atoms in total. The van der Waals surface area contributed by atoms with E-state index in [0.29, 0.717) is 12.1 Å². The summed E-state index contributed by atoms with van der Waals surface area (Å²) < 4.78 is 17.7. The molecule has 0 aliphatic rings. The van der Waals surface area contributed by atoms with E-state index in [2.05, 4.69) is 9.36 Å². The highest BCUT2D eigenvalue weighted by Gasteiger charge is 2.09. The molecule has 96 valence electrons. The highest BCUT2D eigenvalue weighted by Crippen LogP contribution is 2.19. The number of nitrogens with zero attached hydrogens (tertiary/aromatic N) is 3. The van der Waals surface area contributed by atoms with Crippen molar-refractivity contribution >= 4 is 16.7 Å². The van der Waals surface area contributed by atoms with Gasteiger partial charge < -0.3 is 4.90 Å². The molecule has 1 aromatic carbocycles. The Balaban J connectivity index is 2.10. The first kappa shape index (κ1) is 13.0. The second kappa shape index (κ2) is 5.44. The Labute approximate surface area is 110 Å². The fraction of sp³-hybridized carbons (Fsp3) is 0.385. The molecule has 2 rings (SSSR count). The summed E-state index contributed by atoms with van der Waals surface area (Å²) >= 11 is 1.38. The van der Waals surface area contributed by atoms with Crippen LogP contribution in [0.5, 0.6) is 0 Å². The molecule has 0 N–H and O–H groups in total. The zero-order valence-corrected chi connectivity index (χ0v) is 11.6. The lowest BCUT2D eigenvalue weighted by molar-refractivity contribution is 0.615. The van der Waals surface area contributed by atoms with Crippen LogP contribution in [0.15, 0.2) is 18.2 Å². The van der Waals surface area contributed by atoms with Gasteiger partial charge in [-0.1, -0.05) is 19.1 Å². The number of halogens is 1. The number of aryl methyl sites for hydroxylation is 2. The minimum atomic E-state index is -0.160. The highest BCUT2D eigenvalue weighted by molar-refractivity contribution is 7.09. The van der Waals surface area contributed by atoms with Crippen LogP contribution in [0.2, 0.25) is 0 Å². The van der Waals surface area contributed by atoms with Gasteiger partial charge in [-0.15, -0.1) is 0 Å². The fourth-order valence-electron chi connectivity index (χ4n) is 1.62. The summed E-state index contributed by atoms with van der Waals surface area (Å²) in [5.41, 5.74) is 1.61. The van der Waals surface area contributed by atoms with E-state index < -0.39 is 0 Å². The van der Waals surface area contributed by atoms with Crippen LogP contribution in [0.1, 0.15) is 23.9 Å². The smallest absolute Gasteiger partial charge is 0.205 e. The average Bonchev–Trinajstić information content (AvgIpc) is 2.82. The maximum absolute atomic E-state index is 13.4. The largest absolute Gasteiger partial charge is 0.346 e. The maximum Gasteiger partial charge on any atom is 0.205 e. The van der Waals surface area contributed by atoms with Crippen LogP contribution in [0.4, 0.5) is 9.52 Å². The fourth-order valence-corrected chi connectivity index (χ4v) is 2.33. The molecular formula is C13H16FN3S. The Bertz CT molecular complexity index is 539. The monoisotopic (exact) mass is 265 g/mol. The third kappa shape index (κ3) is 2.85.